The molecule has 0 spiro atoms. The molecule has 0 saturated carbocycles. The van der Waals surface area contributed by atoms with Gasteiger partial charge in [-0.05, 0) is 63.4 Å². The van der Waals surface area contributed by atoms with E-state index in [0.717, 1.165) is 12.2 Å². The largest absolute Gasteiger partial charge is 0.493 e. The van der Waals surface area contributed by atoms with Crippen LogP contribution in [0.1, 0.15) is 50.3 Å². The van der Waals surface area contributed by atoms with E-state index in [4.69, 9.17) is 4.74 Å². The molecule has 0 aliphatic heterocycles. The highest BCUT2D eigenvalue weighted by atomic mass is 16.5. The van der Waals surface area contributed by atoms with Crippen molar-refractivity contribution in [1.29, 1.82) is 0 Å². The molecule has 3 nitrogen and oxygen atoms in total. The van der Waals surface area contributed by atoms with Crippen molar-refractivity contribution < 1.29 is 9.84 Å². The lowest BCUT2D eigenvalue weighted by molar-refractivity contribution is 0.0553. The van der Waals surface area contributed by atoms with Crippen molar-refractivity contribution in [1.82, 2.24) is 5.32 Å². The van der Waals surface area contributed by atoms with E-state index < -0.39 is 5.60 Å². The van der Waals surface area contributed by atoms with Gasteiger partial charge >= 0.3 is 0 Å². The van der Waals surface area contributed by atoms with Gasteiger partial charge in [0, 0.05) is 12.5 Å². The van der Waals surface area contributed by atoms with Crippen molar-refractivity contribution >= 4 is 0 Å². The number of aryl methyl sites for hydroxylation is 1. The molecule has 3 heteroatoms. The first-order chi connectivity index (χ1) is 8.99. The van der Waals surface area contributed by atoms with Gasteiger partial charge in [-0.1, -0.05) is 6.07 Å². The average molecular weight is 263 g/mol. The second-order valence-corrected chi connectivity index (χ2v) is 6.01. The number of hydrogen-bond donors (Lipinski definition) is 2. The highest BCUT2D eigenvalue weighted by molar-refractivity contribution is 5.39. The van der Waals surface area contributed by atoms with E-state index in [-0.39, 0.29) is 0 Å². The third-order valence-electron chi connectivity index (χ3n) is 3.76. The highest BCUT2D eigenvalue weighted by Gasteiger charge is 2.19. The Balaban J connectivity index is 2.03. The summed E-state index contributed by atoms with van der Waals surface area (Å²) in [6.45, 7) is 4.16. The molecule has 0 heterocycles. The molecular formula is C16H25NO2. The lowest BCUT2D eigenvalue weighted by atomic mass is 9.87. The standard InChI is InChI=1S/C16H25NO2/c1-16(2,18)9-10-19-13-8-7-12-5-4-6-15(17-3)14(12)11-13/h7-8,11,15,17-18H,4-6,9-10H2,1-3H3. The van der Waals surface area contributed by atoms with Crippen molar-refractivity contribution in [2.24, 2.45) is 0 Å². The van der Waals surface area contributed by atoms with Gasteiger partial charge in [0.25, 0.3) is 0 Å². The van der Waals surface area contributed by atoms with E-state index in [9.17, 15) is 5.11 Å². The van der Waals surface area contributed by atoms with Gasteiger partial charge in [0.1, 0.15) is 5.75 Å². The normalized spacial score (nSPS) is 19.1. The van der Waals surface area contributed by atoms with Crippen LogP contribution in [0.25, 0.3) is 0 Å². The number of rotatable bonds is 5. The van der Waals surface area contributed by atoms with Crippen LogP contribution in [-0.4, -0.2) is 24.4 Å². The molecule has 1 aliphatic carbocycles. The Morgan fingerprint density at radius 2 is 2.21 bits per heavy atom. The Hall–Kier alpha value is -1.06. The van der Waals surface area contributed by atoms with Crippen molar-refractivity contribution in [3.63, 3.8) is 0 Å². The minimum absolute atomic E-state index is 0.446. The summed E-state index contributed by atoms with van der Waals surface area (Å²) in [5, 5.41) is 13.0. The lowest BCUT2D eigenvalue weighted by Gasteiger charge is -2.26. The Morgan fingerprint density at radius 3 is 2.89 bits per heavy atom. The molecule has 0 aromatic heterocycles. The number of nitrogens with one attached hydrogen (secondary N) is 1. The Labute approximate surface area is 116 Å². The molecule has 19 heavy (non-hydrogen) atoms. The zero-order chi connectivity index (χ0) is 13.9. The van der Waals surface area contributed by atoms with Crippen LogP contribution in [0.4, 0.5) is 0 Å². The van der Waals surface area contributed by atoms with Gasteiger partial charge in [-0.25, -0.2) is 0 Å². The van der Waals surface area contributed by atoms with E-state index in [1.807, 2.05) is 13.1 Å². The molecule has 1 aromatic rings. The summed E-state index contributed by atoms with van der Waals surface area (Å²) >= 11 is 0. The fourth-order valence-corrected chi connectivity index (χ4v) is 2.59. The predicted octanol–water partition coefficient (Wildman–Crippen LogP) is 2.82. The quantitative estimate of drug-likeness (QED) is 0.858. The predicted molar refractivity (Wildman–Crippen MR) is 77.6 cm³/mol. The molecule has 0 saturated heterocycles. The molecule has 106 valence electrons. The van der Waals surface area contributed by atoms with E-state index in [1.165, 1.54) is 24.0 Å². The molecule has 1 unspecified atom stereocenters. The zero-order valence-corrected chi connectivity index (χ0v) is 12.2. The molecule has 1 aromatic carbocycles. The lowest BCUT2D eigenvalue weighted by Crippen LogP contribution is -2.23. The van der Waals surface area contributed by atoms with Crippen LogP contribution in [0.2, 0.25) is 0 Å². The van der Waals surface area contributed by atoms with Crippen LogP contribution in [0.5, 0.6) is 5.75 Å². The van der Waals surface area contributed by atoms with Crippen LogP contribution >= 0.6 is 0 Å². The first kappa shape index (κ1) is 14.4. The molecule has 1 aliphatic rings. The maximum absolute atomic E-state index is 9.68. The van der Waals surface area contributed by atoms with E-state index >= 15 is 0 Å². The fraction of sp³-hybridized carbons (Fsp3) is 0.625. The van der Waals surface area contributed by atoms with Crippen LogP contribution in [0.3, 0.4) is 0 Å². The van der Waals surface area contributed by atoms with Gasteiger partial charge < -0.3 is 15.2 Å². The second-order valence-electron chi connectivity index (χ2n) is 6.01. The van der Waals surface area contributed by atoms with Crippen molar-refractivity contribution in [2.45, 2.75) is 51.2 Å². The van der Waals surface area contributed by atoms with Crippen LogP contribution in [0.15, 0.2) is 18.2 Å². The smallest absolute Gasteiger partial charge is 0.119 e. The number of ether oxygens (including phenoxy) is 1. The van der Waals surface area contributed by atoms with Gasteiger partial charge in [0.2, 0.25) is 0 Å². The first-order valence-corrected chi connectivity index (χ1v) is 7.15. The number of benzene rings is 1. The summed E-state index contributed by atoms with van der Waals surface area (Å²) in [6, 6.07) is 6.82. The Bertz CT molecular complexity index is 423. The van der Waals surface area contributed by atoms with E-state index in [0.29, 0.717) is 19.1 Å². The summed E-state index contributed by atoms with van der Waals surface area (Å²) in [5.74, 6) is 0.908. The zero-order valence-electron chi connectivity index (χ0n) is 12.2. The van der Waals surface area contributed by atoms with Crippen molar-refractivity contribution in [3.05, 3.63) is 29.3 Å². The van der Waals surface area contributed by atoms with Crippen molar-refractivity contribution in [2.75, 3.05) is 13.7 Å². The summed E-state index contributed by atoms with van der Waals surface area (Å²) in [5.41, 5.74) is 2.14. The molecule has 0 fully saturated rings. The summed E-state index contributed by atoms with van der Waals surface area (Å²) in [7, 11) is 2.02. The molecule has 0 radical (unpaired) electrons. The van der Waals surface area contributed by atoms with Gasteiger partial charge in [-0.3, -0.25) is 0 Å². The Kier molecular flexibility index (Phi) is 4.48. The minimum atomic E-state index is -0.665. The van der Waals surface area contributed by atoms with E-state index in [1.54, 1.807) is 13.8 Å². The van der Waals surface area contributed by atoms with Gasteiger partial charge in [-0.2, -0.15) is 0 Å². The number of fused-ring (bicyclic) bond motifs is 1. The highest BCUT2D eigenvalue weighted by Crippen LogP contribution is 2.32. The van der Waals surface area contributed by atoms with Crippen LogP contribution in [-0.2, 0) is 6.42 Å². The molecule has 0 bridgehead atoms. The number of hydrogen-bond acceptors (Lipinski definition) is 3. The first-order valence-electron chi connectivity index (χ1n) is 7.15. The van der Waals surface area contributed by atoms with Crippen LogP contribution in [0, 0.1) is 0 Å². The van der Waals surface area contributed by atoms with Gasteiger partial charge in [0.15, 0.2) is 0 Å². The van der Waals surface area contributed by atoms with Crippen molar-refractivity contribution in [3.8, 4) is 5.75 Å². The molecule has 2 rings (SSSR count). The monoisotopic (exact) mass is 263 g/mol. The summed E-state index contributed by atoms with van der Waals surface area (Å²) in [6.07, 6.45) is 4.24. The molecular weight excluding hydrogens is 238 g/mol. The fourth-order valence-electron chi connectivity index (χ4n) is 2.59. The summed E-state index contributed by atoms with van der Waals surface area (Å²) < 4.78 is 5.75. The third kappa shape index (κ3) is 3.95. The van der Waals surface area contributed by atoms with Crippen LogP contribution < -0.4 is 10.1 Å². The maximum atomic E-state index is 9.68. The Morgan fingerprint density at radius 1 is 1.42 bits per heavy atom. The number of aliphatic hydroxyl groups is 1. The maximum Gasteiger partial charge on any atom is 0.119 e. The molecule has 1 atom stereocenters. The van der Waals surface area contributed by atoms with Gasteiger partial charge in [-0.15, -0.1) is 0 Å². The third-order valence-corrected chi connectivity index (χ3v) is 3.76. The molecule has 0 amide bonds. The molecule has 2 N–H and O–H groups in total. The topological polar surface area (TPSA) is 41.5 Å². The average Bonchev–Trinajstić information content (AvgIpc) is 2.36. The van der Waals surface area contributed by atoms with E-state index in [2.05, 4.69) is 17.4 Å². The van der Waals surface area contributed by atoms with Gasteiger partial charge in [0.05, 0.1) is 12.2 Å². The SMILES string of the molecule is CNC1CCCc2ccc(OCCC(C)(C)O)cc21. The minimum Gasteiger partial charge on any atom is -0.493 e. The summed E-state index contributed by atoms with van der Waals surface area (Å²) in [4.78, 5) is 0. The second kappa shape index (κ2) is 5.93.